The number of hydrogen-bond donors (Lipinski definition) is 0. The zero-order chi connectivity index (χ0) is 32.1. The fourth-order valence-corrected chi connectivity index (χ4v) is 5.59. The number of halogens is 1. The second-order valence-corrected chi connectivity index (χ2v) is 11.5. The molecule has 0 N–H and O–H groups in total. The maximum absolute atomic E-state index is 15.1. The van der Waals surface area contributed by atoms with Crippen molar-refractivity contribution in [3.05, 3.63) is 60.4 Å². The number of allylic oxidation sites excluding steroid dienone is 1. The average Bonchev–Trinajstić information content (AvgIpc) is 3.47. The summed E-state index contributed by atoms with van der Waals surface area (Å²) in [5.74, 6) is 2.01. The smallest absolute Gasteiger partial charge is 0.227 e. The summed E-state index contributed by atoms with van der Waals surface area (Å²) in [6.45, 7) is 20.0. The highest BCUT2D eigenvalue weighted by molar-refractivity contribution is 6.01. The number of oxime groups is 1. The molecule has 2 saturated heterocycles. The summed E-state index contributed by atoms with van der Waals surface area (Å²) >= 11 is 0. The third-order valence-electron chi connectivity index (χ3n) is 8.30. The van der Waals surface area contributed by atoms with Gasteiger partial charge >= 0.3 is 0 Å². The molecule has 0 aliphatic carbocycles. The van der Waals surface area contributed by atoms with Crippen molar-refractivity contribution in [3.8, 4) is 11.1 Å². The predicted molar refractivity (Wildman–Crippen MR) is 182 cm³/mol. The molecule has 0 spiro atoms. The van der Waals surface area contributed by atoms with Gasteiger partial charge in [0.05, 0.1) is 10.9 Å². The summed E-state index contributed by atoms with van der Waals surface area (Å²) in [5.41, 5.74) is 4.48. The molecule has 238 valence electrons. The fourth-order valence-electron chi connectivity index (χ4n) is 5.59. The Morgan fingerprint density at radius 1 is 1.05 bits per heavy atom. The molecule has 44 heavy (non-hydrogen) atoms. The van der Waals surface area contributed by atoms with Gasteiger partial charge in [0.1, 0.15) is 23.7 Å². The average molecular weight is 604 g/mol. The number of piperidine rings is 1. The molecular weight excluding hydrogens is 553 g/mol. The normalized spacial score (nSPS) is 14.9. The van der Waals surface area contributed by atoms with E-state index in [-0.39, 0.29) is 11.7 Å². The Kier molecular flexibility index (Phi) is 13.8. The van der Waals surface area contributed by atoms with E-state index < -0.39 is 0 Å². The van der Waals surface area contributed by atoms with Crippen LogP contribution in [-0.2, 0) is 9.63 Å². The monoisotopic (exact) mass is 603 g/mol. The molecule has 0 radical (unpaired) electrons. The van der Waals surface area contributed by atoms with E-state index in [9.17, 15) is 4.79 Å². The van der Waals surface area contributed by atoms with Gasteiger partial charge in [0.2, 0.25) is 5.91 Å². The molecule has 0 saturated carbocycles. The van der Waals surface area contributed by atoms with E-state index in [1.807, 2.05) is 24.0 Å². The number of fused-ring (bicyclic) bond motifs is 1. The number of nitrogens with zero attached hydrogens (tertiary/aromatic N) is 5. The van der Waals surface area contributed by atoms with Gasteiger partial charge in [-0.2, -0.15) is 0 Å². The van der Waals surface area contributed by atoms with Crippen LogP contribution in [0.2, 0.25) is 0 Å². The second kappa shape index (κ2) is 17.5. The molecule has 0 unspecified atom stereocenters. The van der Waals surface area contributed by atoms with Crippen LogP contribution in [0.15, 0.2) is 54.2 Å². The number of rotatable bonds is 9. The quantitative estimate of drug-likeness (QED) is 0.138. The number of aryl methyl sites for hydroxylation is 1. The molecule has 2 aromatic carbocycles. The van der Waals surface area contributed by atoms with E-state index in [0.717, 1.165) is 80.0 Å². The van der Waals surface area contributed by atoms with Crippen molar-refractivity contribution < 1.29 is 14.0 Å². The fraction of sp³-hybridized carbons (Fsp3) is 0.500. The second-order valence-electron chi connectivity index (χ2n) is 11.5. The van der Waals surface area contributed by atoms with E-state index in [0.29, 0.717) is 28.9 Å². The lowest BCUT2D eigenvalue weighted by Gasteiger charge is -2.33. The van der Waals surface area contributed by atoms with Crippen LogP contribution in [0.5, 0.6) is 0 Å². The maximum Gasteiger partial charge on any atom is 0.227 e. The van der Waals surface area contributed by atoms with Gasteiger partial charge in [-0.15, -0.1) is 0 Å². The molecule has 3 aromatic rings. The van der Waals surface area contributed by atoms with Crippen LogP contribution >= 0.6 is 0 Å². The molecule has 1 amide bonds. The molecule has 2 aliphatic heterocycles. The lowest BCUT2D eigenvalue weighted by atomic mass is 9.94. The Balaban J connectivity index is 0.000000376. The highest BCUT2D eigenvalue weighted by atomic mass is 19.1. The minimum absolute atomic E-state index is 0.178. The van der Waals surface area contributed by atoms with E-state index in [1.54, 1.807) is 12.4 Å². The van der Waals surface area contributed by atoms with Gasteiger partial charge in [0.15, 0.2) is 0 Å². The summed E-state index contributed by atoms with van der Waals surface area (Å²) in [7, 11) is 0. The molecular formula is C36H50FN5O2. The van der Waals surface area contributed by atoms with E-state index in [2.05, 4.69) is 71.9 Å². The van der Waals surface area contributed by atoms with Crippen LogP contribution in [0.4, 0.5) is 15.9 Å². The standard InChI is InChI=1S/C26H29FN4O.C6H11NO.C4H10/c1-3-18-10-13-30(14-11-18)26-24-21(27)8-7-20(25(24)28-16-29-26)19-6-9-22(17(2)15-19)31-12-4-5-23(31)32;1-4-5-6(2)8-7-3;1-3-4-2/h6-9,15-16,18H,3-5,10-14H2,1-2H3;2-5H2,1H3;3-4H2,1-2H3. The third-order valence-corrected chi connectivity index (χ3v) is 8.30. The summed E-state index contributed by atoms with van der Waals surface area (Å²) in [6, 6.07) is 9.40. The minimum atomic E-state index is -0.284. The first-order valence-corrected chi connectivity index (χ1v) is 16.2. The van der Waals surface area contributed by atoms with Crippen LogP contribution < -0.4 is 9.80 Å². The van der Waals surface area contributed by atoms with E-state index >= 15 is 4.39 Å². The predicted octanol–water partition coefficient (Wildman–Crippen LogP) is 9.24. The molecule has 1 aromatic heterocycles. The number of hydrogen-bond acceptors (Lipinski definition) is 6. The third kappa shape index (κ3) is 8.87. The van der Waals surface area contributed by atoms with E-state index in [4.69, 9.17) is 0 Å². The van der Waals surface area contributed by atoms with Gasteiger partial charge in [-0.25, -0.2) is 14.4 Å². The molecule has 8 heteroatoms. The topological polar surface area (TPSA) is 70.9 Å². The molecule has 2 aliphatic rings. The summed E-state index contributed by atoms with van der Waals surface area (Å²) in [6.07, 6.45) is 11.0. The molecule has 2 fully saturated rings. The molecule has 7 nitrogen and oxygen atoms in total. The first-order valence-electron chi connectivity index (χ1n) is 16.2. The SMILES string of the molecule is C=NOC(=C)CCC.CCC1CCN(c2ncnc3c(-c4ccc(N5CCCC5=O)c(C)c4)ccc(F)c23)CC1.CCCC. The highest BCUT2D eigenvalue weighted by Gasteiger charge is 2.25. The van der Waals surface area contributed by atoms with E-state index in [1.165, 1.54) is 25.3 Å². The van der Waals surface area contributed by atoms with Crippen molar-refractivity contribution >= 4 is 35.0 Å². The number of carbonyl (C=O) groups is 1. The summed E-state index contributed by atoms with van der Waals surface area (Å²) in [5, 5.41) is 3.70. The van der Waals surface area contributed by atoms with Gasteiger partial charge in [0, 0.05) is 50.4 Å². The van der Waals surface area contributed by atoms with Crippen LogP contribution in [-0.4, -0.2) is 42.2 Å². The number of carbonyl (C=O) groups excluding carboxylic acids is 1. The van der Waals surface area contributed by atoms with Crippen LogP contribution in [0.25, 0.3) is 22.0 Å². The number of amides is 1. The van der Waals surface area contributed by atoms with Crippen molar-refractivity contribution in [2.45, 2.75) is 92.4 Å². The lowest BCUT2D eigenvalue weighted by Crippen LogP contribution is -2.34. The van der Waals surface area contributed by atoms with Gasteiger partial charge in [-0.05, 0) is 73.9 Å². The van der Waals surface area contributed by atoms with Crippen LogP contribution in [0.1, 0.15) is 91.0 Å². The molecule has 5 rings (SSSR count). The first kappa shape index (κ1) is 34.7. The van der Waals surface area contributed by atoms with Gasteiger partial charge < -0.3 is 14.6 Å². The van der Waals surface area contributed by atoms with Crippen LogP contribution in [0, 0.1) is 18.7 Å². The Morgan fingerprint density at radius 3 is 2.34 bits per heavy atom. The molecule has 0 atom stereocenters. The Bertz CT molecular complexity index is 1400. The summed E-state index contributed by atoms with van der Waals surface area (Å²) in [4.78, 5) is 29.9. The van der Waals surface area contributed by atoms with Gasteiger partial charge in [-0.1, -0.05) is 64.8 Å². The Hall–Kier alpha value is -3.81. The number of benzene rings is 2. The van der Waals surface area contributed by atoms with Gasteiger partial charge in [-0.3, -0.25) is 4.79 Å². The van der Waals surface area contributed by atoms with Gasteiger partial charge in [0.25, 0.3) is 0 Å². The number of anilines is 2. The van der Waals surface area contributed by atoms with Crippen molar-refractivity contribution in [1.29, 1.82) is 0 Å². The Labute approximate surface area is 263 Å². The zero-order valence-electron chi connectivity index (χ0n) is 27.4. The van der Waals surface area contributed by atoms with Crippen LogP contribution in [0.3, 0.4) is 0 Å². The Morgan fingerprint density at radius 2 is 1.77 bits per heavy atom. The number of unbranched alkanes of at least 4 members (excludes halogenated alkanes) is 1. The molecule has 3 heterocycles. The lowest BCUT2D eigenvalue weighted by molar-refractivity contribution is -0.117. The van der Waals surface area contributed by atoms with Crippen molar-refractivity contribution in [2.24, 2.45) is 11.1 Å². The zero-order valence-corrected chi connectivity index (χ0v) is 27.4. The molecule has 0 bridgehead atoms. The highest BCUT2D eigenvalue weighted by Crippen LogP contribution is 2.37. The maximum atomic E-state index is 15.1. The first-order chi connectivity index (χ1) is 21.3. The largest absolute Gasteiger partial charge is 0.363 e. The van der Waals surface area contributed by atoms with Crippen molar-refractivity contribution in [3.63, 3.8) is 0 Å². The van der Waals surface area contributed by atoms with Crippen molar-refractivity contribution in [1.82, 2.24) is 9.97 Å². The minimum Gasteiger partial charge on any atom is -0.363 e. The number of aromatic nitrogens is 2. The summed E-state index contributed by atoms with van der Waals surface area (Å²) < 4.78 is 15.1. The van der Waals surface area contributed by atoms with Crippen molar-refractivity contribution in [2.75, 3.05) is 29.4 Å².